The van der Waals surface area contributed by atoms with Crippen molar-refractivity contribution >= 4 is 0 Å². The molecule has 4 nitrogen and oxygen atoms in total. The van der Waals surface area contributed by atoms with Crippen molar-refractivity contribution in [3.05, 3.63) is 0 Å². The van der Waals surface area contributed by atoms with Crippen molar-refractivity contribution in [1.29, 1.82) is 0 Å². The van der Waals surface area contributed by atoms with Crippen LogP contribution in [0, 0.1) is 0 Å². The molecule has 0 amide bonds. The van der Waals surface area contributed by atoms with Crippen molar-refractivity contribution in [1.82, 2.24) is 5.32 Å². The summed E-state index contributed by atoms with van der Waals surface area (Å²) in [5.74, 6) is 0. The zero-order chi connectivity index (χ0) is 9.86. The minimum atomic E-state index is -0.112. The van der Waals surface area contributed by atoms with Crippen molar-refractivity contribution in [2.24, 2.45) is 0 Å². The molecule has 82 valence electrons. The van der Waals surface area contributed by atoms with Gasteiger partial charge in [-0.2, -0.15) is 0 Å². The van der Waals surface area contributed by atoms with Crippen molar-refractivity contribution in [3.63, 3.8) is 0 Å². The van der Waals surface area contributed by atoms with Crippen LogP contribution in [0.3, 0.4) is 0 Å². The Morgan fingerprint density at radius 3 is 2.43 bits per heavy atom. The Morgan fingerprint density at radius 1 is 1.21 bits per heavy atom. The summed E-state index contributed by atoms with van der Waals surface area (Å²) in [5, 5.41) is 12.7. The summed E-state index contributed by atoms with van der Waals surface area (Å²) < 4.78 is 10.7. The highest BCUT2D eigenvalue weighted by Gasteiger charge is 2.33. The molecule has 1 saturated carbocycles. The van der Waals surface area contributed by atoms with Gasteiger partial charge in [-0.15, -0.1) is 0 Å². The van der Waals surface area contributed by atoms with E-state index in [2.05, 4.69) is 5.32 Å². The SMILES string of the molecule is OCC1(NCC2OCCO2)CCCC1. The second kappa shape index (κ2) is 4.57. The quantitative estimate of drug-likeness (QED) is 0.685. The zero-order valence-corrected chi connectivity index (χ0v) is 8.50. The van der Waals surface area contributed by atoms with Crippen LogP contribution < -0.4 is 5.32 Å². The van der Waals surface area contributed by atoms with Gasteiger partial charge in [-0.25, -0.2) is 0 Å². The molecule has 1 saturated heterocycles. The molecule has 0 aromatic heterocycles. The molecule has 1 aliphatic heterocycles. The first-order valence-electron chi connectivity index (χ1n) is 5.44. The smallest absolute Gasteiger partial charge is 0.170 e. The molecule has 2 fully saturated rings. The van der Waals surface area contributed by atoms with E-state index in [1.54, 1.807) is 0 Å². The van der Waals surface area contributed by atoms with Gasteiger partial charge in [0.25, 0.3) is 0 Å². The summed E-state index contributed by atoms with van der Waals surface area (Å²) in [4.78, 5) is 0. The van der Waals surface area contributed by atoms with Crippen molar-refractivity contribution in [2.75, 3.05) is 26.4 Å². The van der Waals surface area contributed by atoms with Gasteiger partial charge in [0.15, 0.2) is 6.29 Å². The predicted octanol–water partition coefficient (Wildman–Crippen LogP) is 0.254. The van der Waals surface area contributed by atoms with E-state index in [1.807, 2.05) is 0 Å². The third-order valence-electron chi connectivity index (χ3n) is 3.20. The Hall–Kier alpha value is -0.160. The van der Waals surface area contributed by atoms with Crippen LogP contribution >= 0.6 is 0 Å². The molecular weight excluding hydrogens is 182 g/mol. The van der Waals surface area contributed by atoms with E-state index in [9.17, 15) is 5.11 Å². The first-order chi connectivity index (χ1) is 6.85. The largest absolute Gasteiger partial charge is 0.394 e. The fourth-order valence-electron chi connectivity index (χ4n) is 2.27. The third-order valence-corrected chi connectivity index (χ3v) is 3.20. The normalized spacial score (nSPS) is 27.2. The van der Waals surface area contributed by atoms with Crippen LogP contribution in [0.4, 0.5) is 0 Å². The van der Waals surface area contributed by atoms with Gasteiger partial charge in [0.1, 0.15) is 0 Å². The molecule has 4 heteroatoms. The first-order valence-corrected chi connectivity index (χ1v) is 5.44. The first kappa shape index (κ1) is 10.4. The molecule has 0 radical (unpaired) electrons. The molecule has 0 aromatic rings. The lowest BCUT2D eigenvalue weighted by Gasteiger charge is -2.29. The molecule has 0 bridgehead atoms. The van der Waals surface area contributed by atoms with E-state index in [4.69, 9.17) is 9.47 Å². The number of nitrogens with one attached hydrogen (secondary N) is 1. The third kappa shape index (κ3) is 2.25. The van der Waals surface area contributed by atoms with E-state index >= 15 is 0 Å². The molecule has 0 spiro atoms. The average Bonchev–Trinajstić information content (AvgIpc) is 2.87. The van der Waals surface area contributed by atoms with Gasteiger partial charge in [0, 0.05) is 12.1 Å². The Balaban J connectivity index is 1.76. The Kier molecular flexibility index (Phi) is 3.38. The summed E-state index contributed by atoms with van der Waals surface area (Å²) in [6.07, 6.45) is 4.44. The number of ether oxygens (including phenoxy) is 2. The summed E-state index contributed by atoms with van der Waals surface area (Å²) in [7, 11) is 0. The summed E-state index contributed by atoms with van der Waals surface area (Å²) >= 11 is 0. The molecular formula is C10H19NO3. The lowest BCUT2D eigenvalue weighted by Crippen LogP contribution is -2.49. The second-order valence-electron chi connectivity index (χ2n) is 4.20. The molecule has 1 aliphatic carbocycles. The topological polar surface area (TPSA) is 50.7 Å². The predicted molar refractivity (Wildman–Crippen MR) is 52.0 cm³/mol. The maximum Gasteiger partial charge on any atom is 0.170 e. The summed E-state index contributed by atoms with van der Waals surface area (Å²) in [5.41, 5.74) is -0.0602. The maximum absolute atomic E-state index is 9.35. The van der Waals surface area contributed by atoms with Gasteiger partial charge in [-0.3, -0.25) is 0 Å². The van der Waals surface area contributed by atoms with E-state index in [0.29, 0.717) is 19.8 Å². The van der Waals surface area contributed by atoms with Crippen LogP contribution in [0.1, 0.15) is 25.7 Å². The summed E-state index contributed by atoms with van der Waals surface area (Å²) in [6.45, 7) is 2.30. The number of hydrogen-bond donors (Lipinski definition) is 2. The number of rotatable bonds is 4. The molecule has 2 aliphatic rings. The highest BCUT2D eigenvalue weighted by atomic mass is 16.7. The molecule has 2 rings (SSSR count). The van der Waals surface area contributed by atoms with Gasteiger partial charge in [-0.05, 0) is 12.8 Å². The standard InChI is InChI=1S/C10H19NO3/c12-8-10(3-1-2-4-10)11-7-9-13-5-6-14-9/h9,11-12H,1-8H2. The van der Waals surface area contributed by atoms with Crippen LogP contribution in [-0.4, -0.2) is 43.3 Å². The minimum Gasteiger partial charge on any atom is -0.394 e. The van der Waals surface area contributed by atoms with E-state index < -0.39 is 0 Å². The lowest BCUT2D eigenvalue weighted by atomic mass is 9.99. The summed E-state index contributed by atoms with van der Waals surface area (Å²) in [6, 6.07) is 0. The highest BCUT2D eigenvalue weighted by Crippen LogP contribution is 2.29. The minimum absolute atomic E-state index is 0.0602. The van der Waals surface area contributed by atoms with Crippen molar-refractivity contribution in [2.45, 2.75) is 37.5 Å². The Labute approximate surface area is 84.6 Å². The van der Waals surface area contributed by atoms with Gasteiger partial charge >= 0.3 is 0 Å². The Bertz CT molecular complexity index is 174. The van der Waals surface area contributed by atoms with Crippen LogP contribution in [0.15, 0.2) is 0 Å². The average molecular weight is 201 g/mol. The van der Waals surface area contributed by atoms with Crippen LogP contribution in [0.25, 0.3) is 0 Å². The molecule has 0 unspecified atom stereocenters. The van der Waals surface area contributed by atoms with Gasteiger partial charge in [-0.1, -0.05) is 12.8 Å². The maximum atomic E-state index is 9.35. The number of aliphatic hydroxyl groups is 1. The van der Waals surface area contributed by atoms with Crippen molar-refractivity contribution in [3.8, 4) is 0 Å². The van der Waals surface area contributed by atoms with Crippen LogP contribution in [0.5, 0.6) is 0 Å². The molecule has 0 atom stereocenters. The lowest BCUT2D eigenvalue weighted by molar-refractivity contribution is -0.0456. The van der Waals surface area contributed by atoms with E-state index in [1.165, 1.54) is 12.8 Å². The van der Waals surface area contributed by atoms with Gasteiger partial charge in [0.05, 0.1) is 19.8 Å². The van der Waals surface area contributed by atoms with Crippen molar-refractivity contribution < 1.29 is 14.6 Å². The fourth-order valence-corrected chi connectivity index (χ4v) is 2.27. The number of hydrogen-bond acceptors (Lipinski definition) is 4. The van der Waals surface area contributed by atoms with E-state index in [-0.39, 0.29) is 18.4 Å². The second-order valence-corrected chi connectivity index (χ2v) is 4.20. The molecule has 1 heterocycles. The monoisotopic (exact) mass is 201 g/mol. The number of aliphatic hydroxyl groups excluding tert-OH is 1. The fraction of sp³-hybridized carbons (Fsp3) is 1.00. The molecule has 0 aromatic carbocycles. The van der Waals surface area contributed by atoms with Crippen LogP contribution in [-0.2, 0) is 9.47 Å². The zero-order valence-electron chi connectivity index (χ0n) is 8.50. The highest BCUT2D eigenvalue weighted by molar-refractivity contribution is 4.92. The molecule has 2 N–H and O–H groups in total. The van der Waals surface area contributed by atoms with E-state index in [0.717, 1.165) is 12.8 Å². The Morgan fingerprint density at radius 2 is 1.86 bits per heavy atom. The van der Waals surface area contributed by atoms with Gasteiger partial charge < -0.3 is 19.9 Å². The van der Waals surface area contributed by atoms with Gasteiger partial charge in [0.2, 0.25) is 0 Å². The molecule has 14 heavy (non-hydrogen) atoms. The van der Waals surface area contributed by atoms with Crippen LogP contribution in [0.2, 0.25) is 0 Å².